The zero-order chi connectivity index (χ0) is 22.7. The number of ether oxygens (including phenoxy) is 2. The first kappa shape index (κ1) is 23.2. The molecule has 1 aromatic heterocycles. The second-order valence-electron chi connectivity index (χ2n) is 8.21. The van der Waals surface area contributed by atoms with Crippen molar-refractivity contribution in [1.82, 2.24) is 9.97 Å². The molecular formula is C25H25Cl3N2O2. The van der Waals surface area contributed by atoms with Gasteiger partial charge in [-0.05, 0) is 75.4 Å². The Bertz CT molecular complexity index is 1080. The molecule has 2 aromatic carbocycles. The summed E-state index contributed by atoms with van der Waals surface area (Å²) in [5, 5.41) is 1.69. The van der Waals surface area contributed by atoms with Crippen molar-refractivity contribution in [1.29, 1.82) is 0 Å². The van der Waals surface area contributed by atoms with E-state index in [1.807, 2.05) is 44.2 Å². The van der Waals surface area contributed by atoms with Gasteiger partial charge >= 0.3 is 6.01 Å². The molecule has 1 aliphatic carbocycles. The van der Waals surface area contributed by atoms with Gasteiger partial charge in [0.25, 0.3) is 0 Å². The number of aromatic nitrogens is 2. The molecule has 4 nitrogen and oxygen atoms in total. The van der Waals surface area contributed by atoms with Gasteiger partial charge in [-0.25, -0.2) is 0 Å². The normalized spacial score (nSPS) is 14.6. The van der Waals surface area contributed by atoms with E-state index in [0.717, 1.165) is 42.4 Å². The summed E-state index contributed by atoms with van der Waals surface area (Å²) in [6.45, 7) is 3.93. The molecule has 0 atom stereocenters. The minimum absolute atomic E-state index is 0.0907. The fraction of sp³-hybridized carbons (Fsp3) is 0.360. The van der Waals surface area contributed by atoms with Crippen LogP contribution in [0.5, 0.6) is 11.9 Å². The van der Waals surface area contributed by atoms with Crippen LogP contribution in [0.25, 0.3) is 22.4 Å². The van der Waals surface area contributed by atoms with E-state index in [9.17, 15) is 0 Å². The first-order valence-corrected chi connectivity index (χ1v) is 12.0. The molecule has 0 bridgehead atoms. The van der Waals surface area contributed by atoms with Crippen molar-refractivity contribution >= 4 is 34.8 Å². The van der Waals surface area contributed by atoms with Gasteiger partial charge in [-0.15, -0.1) is 0 Å². The van der Waals surface area contributed by atoms with E-state index in [1.165, 1.54) is 6.42 Å². The fourth-order valence-electron chi connectivity index (χ4n) is 3.87. The maximum absolute atomic E-state index is 6.60. The molecule has 4 rings (SSSR count). The second-order valence-corrected chi connectivity index (χ2v) is 9.49. The highest BCUT2D eigenvalue weighted by Gasteiger charge is 2.24. The Morgan fingerprint density at radius 1 is 0.875 bits per heavy atom. The van der Waals surface area contributed by atoms with Crippen molar-refractivity contribution in [3.05, 3.63) is 57.5 Å². The Labute approximate surface area is 203 Å². The molecule has 0 spiro atoms. The Morgan fingerprint density at radius 3 is 2.22 bits per heavy atom. The van der Waals surface area contributed by atoms with E-state index in [4.69, 9.17) is 49.3 Å². The van der Waals surface area contributed by atoms with Crippen LogP contribution in [0.3, 0.4) is 0 Å². The van der Waals surface area contributed by atoms with Crippen LogP contribution in [-0.4, -0.2) is 22.2 Å². The number of benzene rings is 2. The summed E-state index contributed by atoms with van der Waals surface area (Å²) in [5.74, 6) is 0.448. The third-order valence-electron chi connectivity index (χ3n) is 5.35. The van der Waals surface area contributed by atoms with Gasteiger partial charge in [0, 0.05) is 15.6 Å². The van der Waals surface area contributed by atoms with Crippen LogP contribution >= 0.6 is 34.8 Å². The van der Waals surface area contributed by atoms with E-state index < -0.39 is 0 Å². The van der Waals surface area contributed by atoms with Crippen molar-refractivity contribution in [2.45, 2.75) is 58.2 Å². The van der Waals surface area contributed by atoms with Gasteiger partial charge in [0.15, 0.2) is 0 Å². The molecule has 32 heavy (non-hydrogen) atoms. The minimum atomic E-state index is -0.0907. The highest BCUT2D eigenvalue weighted by Crippen LogP contribution is 2.42. The number of halogens is 3. The zero-order valence-electron chi connectivity index (χ0n) is 18.1. The monoisotopic (exact) mass is 490 g/mol. The summed E-state index contributed by atoms with van der Waals surface area (Å²) in [4.78, 5) is 9.50. The SMILES string of the molecule is CC(C)Oc1nc(OC2CCCCC2)nc(-c2ccc(Cl)cc2Cl)c1-c1ccc(Cl)cc1. The van der Waals surface area contributed by atoms with E-state index in [0.29, 0.717) is 32.7 Å². The average molecular weight is 492 g/mol. The fourth-order valence-corrected chi connectivity index (χ4v) is 4.49. The van der Waals surface area contributed by atoms with E-state index in [-0.39, 0.29) is 12.2 Å². The molecular weight excluding hydrogens is 467 g/mol. The summed E-state index contributed by atoms with van der Waals surface area (Å²) in [5.41, 5.74) is 2.96. The van der Waals surface area contributed by atoms with Gasteiger partial charge in [-0.3, -0.25) is 0 Å². The average Bonchev–Trinajstić information content (AvgIpc) is 2.75. The summed E-state index contributed by atoms with van der Waals surface area (Å²) in [6, 6.07) is 13.2. The molecule has 7 heteroatoms. The van der Waals surface area contributed by atoms with Crippen LogP contribution in [0.4, 0.5) is 0 Å². The maximum Gasteiger partial charge on any atom is 0.320 e. The van der Waals surface area contributed by atoms with Crippen molar-refractivity contribution in [3.63, 3.8) is 0 Å². The molecule has 1 heterocycles. The Balaban J connectivity index is 1.90. The standard InChI is InChI=1S/C25H25Cl3N2O2/c1-15(2)31-24-22(16-8-10-17(26)11-9-16)23(20-13-12-18(27)14-21(20)28)29-25(30-24)32-19-6-4-3-5-7-19/h8-15,19H,3-7H2,1-2H3. The molecule has 0 saturated heterocycles. The minimum Gasteiger partial charge on any atom is -0.474 e. The van der Waals surface area contributed by atoms with Gasteiger partial charge in [-0.2, -0.15) is 9.97 Å². The van der Waals surface area contributed by atoms with Crippen LogP contribution in [0.15, 0.2) is 42.5 Å². The molecule has 0 radical (unpaired) electrons. The third kappa shape index (κ3) is 5.48. The Kier molecular flexibility index (Phi) is 7.44. The van der Waals surface area contributed by atoms with Crippen molar-refractivity contribution in [2.75, 3.05) is 0 Å². The first-order chi connectivity index (χ1) is 15.4. The van der Waals surface area contributed by atoms with Crippen LogP contribution in [-0.2, 0) is 0 Å². The molecule has 0 N–H and O–H groups in total. The molecule has 0 amide bonds. The summed E-state index contributed by atoms with van der Waals surface area (Å²) in [7, 11) is 0. The molecule has 1 aliphatic rings. The van der Waals surface area contributed by atoms with Crippen molar-refractivity contribution in [2.24, 2.45) is 0 Å². The highest BCUT2D eigenvalue weighted by molar-refractivity contribution is 6.36. The number of rotatable bonds is 6. The summed E-state index contributed by atoms with van der Waals surface area (Å²) >= 11 is 18.9. The summed E-state index contributed by atoms with van der Waals surface area (Å²) < 4.78 is 12.4. The lowest BCUT2D eigenvalue weighted by Crippen LogP contribution is -2.21. The predicted molar refractivity (Wildman–Crippen MR) is 131 cm³/mol. The zero-order valence-corrected chi connectivity index (χ0v) is 20.3. The van der Waals surface area contributed by atoms with Gasteiger partial charge in [0.2, 0.25) is 5.88 Å². The molecule has 168 valence electrons. The second kappa shape index (κ2) is 10.3. The lowest BCUT2D eigenvalue weighted by Gasteiger charge is -2.23. The molecule has 1 fully saturated rings. The lowest BCUT2D eigenvalue weighted by molar-refractivity contribution is 0.138. The smallest absolute Gasteiger partial charge is 0.320 e. The van der Waals surface area contributed by atoms with Crippen molar-refractivity contribution < 1.29 is 9.47 Å². The molecule has 0 unspecified atom stereocenters. The Hall–Kier alpha value is -2.01. The van der Waals surface area contributed by atoms with Crippen LogP contribution in [0.1, 0.15) is 46.0 Å². The number of hydrogen-bond donors (Lipinski definition) is 0. The van der Waals surface area contributed by atoms with Gasteiger partial charge in [-0.1, -0.05) is 53.4 Å². The van der Waals surface area contributed by atoms with Crippen LogP contribution < -0.4 is 9.47 Å². The molecule has 1 saturated carbocycles. The van der Waals surface area contributed by atoms with Crippen LogP contribution in [0, 0.1) is 0 Å². The van der Waals surface area contributed by atoms with Gasteiger partial charge in [0.05, 0.1) is 22.4 Å². The topological polar surface area (TPSA) is 44.2 Å². The summed E-state index contributed by atoms with van der Waals surface area (Å²) in [6.07, 6.45) is 5.55. The Morgan fingerprint density at radius 2 is 1.56 bits per heavy atom. The maximum atomic E-state index is 6.60. The van der Waals surface area contributed by atoms with E-state index in [1.54, 1.807) is 12.1 Å². The van der Waals surface area contributed by atoms with Crippen LogP contribution in [0.2, 0.25) is 15.1 Å². The lowest BCUT2D eigenvalue weighted by atomic mass is 9.98. The highest BCUT2D eigenvalue weighted by atomic mass is 35.5. The molecule has 3 aromatic rings. The van der Waals surface area contributed by atoms with Gasteiger partial charge < -0.3 is 9.47 Å². The van der Waals surface area contributed by atoms with Gasteiger partial charge in [0.1, 0.15) is 6.10 Å². The quantitative estimate of drug-likeness (QED) is 0.348. The third-order valence-corrected chi connectivity index (χ3v) is 6.15. The number of hydrogen-bond acceptors (Lipinski definition) is 4. The molecule has 0 aliphatic heterocycles. The largest absolute Gasteiger partial charge is 0.474 e. The first-order valence-electron chi connectivity index (χ1n) is 10.9. The van der Waals surface area contributed by atoms with Crippen molar-refractivity contribution in [3.8, 4) is 34.3 Å². The van der Waals surface area contributed by atoms with E-state index in [2.05, 4.69) is 4.98 Å². The predicted octanol–water partition coefficient (Wildman–Crippen LogP) is 8.27. The number of nitrogens with zero attached hydrogens (tertiary/aromatic N) is 2. The van der Waals surface area contributed by atoms with E-state index >= 15 is 0 Å².